The number of carbonyl (C=O) groups is 1. The number of aryl methyl sites for hydroxylation is 1. The Morgan fingerprint density at radius 2 is 2.29 bits per heavy atom. The SMILES string of the molecule is CCOC(=O)C1CCCN(S(=O)(=O)c2cc(C)c(Br)s2)C1. The van der Waals surface area contributed by atoms with E-state index in [1.807, 2.05) is 6.92 Å². The van der Waals surface area contributed by atoms with Crippen LogP contribution in [0.5, 0.6) is 0 Å². The van der Waals surface area contributed by atoms with Crippen LogP contribution in [0.25, 0.3) is 0 Å². The molecule has 1 aliphatic heterocycles. The molecule has 0 saturated carbocycles. The molecule has 0 amide bonds. The molecule has 2 heterocycles. The highest BCUT2D eigenvalue weighted by atomic mass is 79.9. The fourth-order valence-corrected chi connectivity index (χ4v) is 6.20. The van der Waals surface area contributed by atoms with Gasteiger partial charge in [0, 0.05) is 13.1 Å². The minimum atomic E-state index is -3.53. The molecule has 0 radical (unpaired) electrons. The van der Waals surface area contributed by atoms with Crippen LogP contribution >= 0.6 is 27.3 Å². The second-order valence-corrected chi connectivity index (χ2v) is 9.51. The third-order valence-electron chi connectivity index (χ3n) is 3.43. The number of nitrogens with zero attached hydrogens (tertiary/aromatic N) is 1. The average molecular weight is 396 g/mol. The van der Waals surface area contributed by atoms with Crippen LogP contribution in [0, 0.1) is 12.8 Å². The molecule has 0 N–H and O–H groups in total. The first kappa shape index (κ1) is 16.9. The van der Waals surface area contributed by atoms with Crippen molar-refractivity contribution in [2.24, 2.45) is 5.92 Å². The summed E-state index contributed by atoms with van der Waals surface area (Å²) in [4.78, 5) is 11.8. The van der Waals surface area contributed by atoms with Crippen LogP contribution < -0.4 is 0 Å². The maximum atomic E-state index is 12.6. The first-order valence-corrected chi connectivity index (χ1v) is 9.84. The molecule has 0 aliphatic carbocycles. The molecule has 1 aliphatic rings. The highest BCUT2D eigenvalue weighted by Gasteiger charge is 2.34. The van der Waals surface area contributed by atoms with Crippen molar-refractivity contribution in [1.29, 1.82) is 0 Å². The fourth-order valence-electron chi connectivity index (χ4n) is 2.30. The number of ether oxygens (including phenoxy) is 1. The summed E-state index contributed by atoms with van der Waals surface area (Å²) in [7, 11) is -3.53. The molecule has 0 bridgehead atoms. The number of sulfonamides is 1. The molecule has 1 fully saturated rings. The molecule has 21 heavy (non-hydrogen) atoms. The molecule has 1 unspecified atom stereocenters. The number of hydrogen-bond acceptors (Lipinski definition) is 5. The van der Waals surface area contributed by atoms with E-state index in [0.717, 1.165) is 9.35 Å². The molecule has 2 rings (SSSR count). The van der Waals surface area contributed by atoms with Crippen LogP contribution in [-0.2, 0) is 19.6 Å². The Labute approximate surface area is 137 Å². The number of esters is 1. The summed E-state index contributed by atoms with van der Waals surface area (Å²) in [5, 5.41) is 0. The van der Waals surface area contributed by atoms with E-state index < -0.39 is 10.0 Å². The topological polar surface area (TPSA) is 63.7 Å². The molecule has 1 atom stereocenters. The molecule has 5 nitrogen and oxygen atoms in total. The average Bonchev–Trinajstić information content (AvgIpc) is 2.80. The number of thiophene rings is 1. The summed E-state index contributed by atoms with van der Waals surface area (Å²) in [6, 6.07) is 1.66. The van der Waals surface area contributed by atoms with Crippen molar-refractivity contribution in [2.75, 3.05) is 19.7 Å². The summed E-state index contributed by atoms with van der Waals surface area (Å²) >= 11 is 4.56. The Morgan fingerprint density at radius 3 is 2.86 bits per heavy atom. The van der Waals surface area contributed by atoms with Gasteiger partial charge in [-0.15, -0.1) is 11.3 Å². The summed E-state index contributed by atoms with van der Waals surface area (Å²) in [6.45, 7) is 4.58. The zero-order valence-corrected chi connectivity index (χ0v) is 15.2. The lowest BCUT2D eigenvalue weighted by Crippen LogP contribution is -2.42. The zero-order valence-electron chi connectivity index (χ0n) is 12.0. The first-order chi connectivity index (χ1) is 9.86. The monoisotopic (exact) mass is 395 g/mol. The van der Waals surface area contributed by atoms with E-state index in [1.54, 1.807) is 13.0 Å². The Balaban J connectivity index is 2.18. The summed E-state index contributed by atoms with van der Waals surface area (Å²) in [5.74, 6) is -0.668. The zero-order chi connectivity index (χ0) is 15.6. The van der Waals surface area contributed by atoms with E-state index in [-0.39, 0.29) is 18.4 Å². The highest BCUT2D eigenvalue weighted by Crippen LogP contribution is 2.33. The van der Waals surface area contributed by atoms with E-state index in [4.69, 9.17) is 4.74 Å². The molecule has 1 aromatic heterocycles. The van der Waals surface area contributed by atoms with Crippen LogP contribution in [0.2, 0.25) is 0 Å². The minimum absolute atomic E-state index is 0.204. The highest BCUT2D eigenvalue weighted by molar-refractivity contribution is 9.11. The predicted molar refractivity (Wildman–Crippen MR) is 84.9 cm³/mol. The van der Waals surface area contributed by atoms with Gasteiger partial charge in [-0.1, -0.05) is 0 Å². The molecule has 1 aromatic rings. The number of piperidine rings is 1. The van der Waals surface area contributed by atoms with Crippen molar-refractivity contribution in [3.8, 4) is 0 Å². The van der Waals surface area contributed by atoms with E-state index in [0.29, 0.717) is 30.2 Å². The Kier molecular flexibility index (Phi) is 5.45. The van der Waals surface area contributed by atoms with Crippen molar-refractivity contribution in [1.82, 2.24) is 4.31 Å². The summed E-state index contributed by atoms with van der Waals surface area (Å²) < 4.78 is 32.8. The van der Waals surface area contributed by atoms with Gasteiger partial charge in [0.05, 0.1) is 16.3 Å². The van der Waals surface area contributed by atoms with Crippen LogP contribution in [0.15, 0.2) is 14.1 Å². The van der Waals surface area contributed by atoms with Gasteiger partial charge in [-0.2, -0.15) is 4.31 Å². The van der Waals surface area contributed by atoms with E-state index in [9.17, 15) is 13.2 Å². The van der Waals surface area contributed by atoms with E-state index in [2.05, 4.69) is 15.9 Å². The molecular weight excluding hydrogens is 378 g/mol. The maximum absolute atomic E-state index is 12.6. The van der Waals surface area contributed by atoms with Crippen molar-refractivity contribution < 1.29 is 17.9 Å². The Bertz CT molecular complexity index is 607. The number of halogens is 1. The van der Waals surface area contributed by atoms with E-state index >= 15 is 0 Å². The van der Waals surface area contributed by atoms with Crippen LogP contribution in [0.3, 0.4) is 0 Å². The molecule has 0 aromatic carbocycles. The molecule has 0 spiro atoms. The second kappa shape index (κ2) is 6.76. The standard InChI is InChI=1S/C13H18BrNO4S2/c1-3-19-13(16)10-5-4-6-15(8-10)21(17,18)11-7-9(2)12(14)20-11/h7,10H,3-6,8H2,1-2H3. The minimum Gasteiger partial charge on any atom is -0.466 e. The van der Waals surface area contributed by atoms with Crippen molar-refractivity contribution in [2.45, 2.75) is 30.9 Å². The Morgan fingerprint density at radius 1 is 1.57 bits per heavy atom. The maximum Gasteiger partial charge on any atom is 0.310 e. The molecular formula is C13H18BrNO4S2. The number of carbonyl (C=O) groups excluding carboxylic acids is 1. The van der Waals surface area contributed by atoms with Crippen LogP contribution in [0.4, 0.5) is 0 Å². The van der Waals surface area contributed by atoms with Gasteiger partial charge in [-0.05, 0) is 54.2 Å². The van der Waals surface area contributed by atoms with Crippen LogP contribution in [0.1, 0.15) is 25.3 Å². The molecule has 1 saturated heterocycles. The van der Waals surface area contributed by atoms with Crippen LogP contribution in [-0.4, -0.2) is 38.4 Å². The van der Waals surface area contributed by atoms with Crippen molar-refractivity contribution in [3.63, 3.8) is 0 Å². The predicted octanol–water partition coefficient (Wildman–Crippen LogP) is 2.78. The first-order valence-electron chi connectivity index (χ1n) is 6.79. The lowest BCUT2D eigenvalue weighted by atomic mass is 10.0. The Hall–Kier alpha value is -0.440. The lowest BCUT2D eigenvalue weighted by molar-refractivity contribution is -0.149. The third kappa shape index (κ3) is 3.67. The van der Waals surface area contributed by atoms with E-state index in [1.165, 1.54) is 15.6 Å². The molecule has 8 heteroatoms. The smallest absolute Gasteiger partial charge is 0.310 e. The van der Waals surface area contributed by atoms with Gasteiger partial charge in [0.15, 0.2) is 0 Å². The van der Waals surface area contributed by atoms with Gasteiger partial charge in [0.2, 0.25) is 0 Å². The van der Waals surface area contributed by atoms with Gasteiger partial charge < -0.3 is 4.74 Å². The van der Waals surface area contributed by atoms with Crippen molar-refractivity contribution in [3.05, 3.63) is 15.4 Å². The second-order valence-electron chi connectivity index (χ2n) is 4.98. The van der Waals surface area contributed by atoms with Crippen molar-refractivity contribution >= 4 is 43.3 Å². The van der Waals surface area contributed by atoms with Gasteiger partial charge in [0.25, 0.3) is 10.0 Å². The van der Waals surface area contributed by atoms with Gasteiger partial charge in [-0.25, -0.2) is 8.42 Å². The molecule has 118 valence electrons. The normalized spacial score (nSPS) is 20.4. The third-order valence-corrected chi connectivity index (χ3v) is 7.88. The van der Waals surface area contributed by atoms with Gasteiger partial charge in [-0.3, -0.25) is 4.79 Å². The summed E-state index contributed by atoms with van der Waals surface area (Å²) in [6.07, 6.45) is 1.35. The van der Waals surface area contributed by atoms with Gasteiger partial charge in [0.1, 0.15) is 4.21 Å². The lowest BCUT2D eigenvalue weighted by Gasteiger charge is -2.30. The quantitative estimate of drug-likeness (QED) is 0.735. The number of rotatable bonds is 4. The largest absolute Gasteiger partial charge is 0.466 e. The fraction of sp³-hybridized carbons (Fsp3) is 0.615. The van der Waals surface area contributed by atoms with Gasteiger partial charge >= 0.3 is 5.97 Å². The number of hydrogen-bond donors (Lipinski definition) is 0. The summed E-state index contributed by atoms with van der Waals surface area (Å²) in [5.41, 5.74) is 0.900.